The summed E-state index contributed by atoms with van der Waals surface area (Å²) in [6.07, 6.45) is 2.29. The number of aromatic nitrogens is 1. The fourth-order valence-electron chi connectivity index (χ4n) is 4.75. The summed E-state index contributed by atoms with van der Waals surface area (Å²) in [7, 11) is 1.64. The van der Waals surface area contributed by atoms with Crippen LogP contribution in [0.4, 0.5) is 5.69 Å². The van der Waals surface area contributed by atoms with Crippen LogP contribution in [0.25, 0.3) is 21.7 Å². The molecule has 6 heteroatoms. The van der Waals surface area contributed by atoms with E-state index in [0.29, 0.717) is 18.8 Å². The van der Waals surface area contributed by atoms with E-state index in [1.165, 1.54) is 11.9 Å². The van der Waals surface area contributed by atoms with E-state index in [0.717, 1.165) is 50.8 Å². The lowest BCUT2D eigenvalue weighted by atomic mass is 10.0. The van der Waals surface area contributed by atoms with E-state index >= 15 is 0 Å². The van der Waals surface area contributed by atoms with E-state index in [2.05, 4.69) is 53.0 Å². The summed E-state index contributed by atoms with van der Waals surface area (Å²) < 4.78 is 11.4. The van der Waals surface area contributed by atoms with Crippen molar-refractivity contribution in [3.05, 3.63) is 102 Å². The number of ether oxygens (including phenoxy) is 2. The Morgan fingerprint density at radius 3 is 2.50 bits per heavy atom. The van der Waals surface area contributed by atoms with Gasteiger partial charge in [0.15, 0.2) is 0 Å². The molecule has 0 aliphatic carbocycles. The molecule has 1 N–H and O–H groups in total. The minimum atomic E-state index is -0.0234. The molecule has 1 aromatic heterocycles. The maximum atomic E-state index is 13.4. The molecular formula is C30H27ClN2O3. The molecule has 2 heterocycles. The molecule has 0 fully saturated rings. The van der Waals surface area contributed by atoms with Crippen LogP contribution in [0.5, 0.6) is 11.5 Å². The molecule has 1 aliphatic heterocycles. The Kier molecular flexibility index (Phi) is 6.83. The van der Waals surface area contributed by atoms with Gasteiger partial charge in [-0.2, -0.15) is 0 Å². The van der Waals surface area contributed by atoms with Crippen molar-refractivity contribution in [2.24, 2.45) is 0 Å². The van der Waals surface area contributed by atoms with Gasteiger partial charge in [0.05, 0.1) is 7.11 Å². The van der Waals surface area contributed by atoms with Crippen molar-refractivity contribution >= 4 is 44.9 Å². The lowest BCUT2D eigenvalue weighted by Crippen LogP contribution is -2.29. The zero-order chi connectivity index (χ0) is 25.1. The number of amides is 1. The molecule has 1 amide bonds. The van der Waals surface area contributed by atoms with Crippen LogP contribution in [-0.4, -0.2) is 30.9 Å². The molecule has 0 atom stereocenters. The quantitative estimate of drug-likeness (QED) is 0.266. The Labute approximate surface area is 215 Å². The topological polar surface area (TPSA) is 54.6 Å². The van der Waals surface area contributed by atoms with Gasteiger partial charge in [-0.15, -0.1) is 11.6 Å². The molecule has 5 nitrogen and oxygen atoms in total. The summed E-state index contributed by atoms with van der Waals surface area (Å²) in [5, 5.41) is 3.25. The van der Waals surface area contributed by atoms with Crippen molar-refractivity contribution in [3.8, 4) is 11.5 Å². The van der Waals surface area contributed by atoms with Crippen LogP contribution in [0.15, 0.2) is 84.9 Å². The molecule has 1 aliphatic rings. The molecule has 0 spiro atoms. The van der Waals surface area contributed by atoms with Gasteiger partial charge in [-0.05, 0) is 70.8 Å². The minimum absolute atomic E-state index is 0.0234. The van der Waals surface area contributed by atoms with Crippen LogP contribution in [-0.2, 0) is 13.0 Å². The first-order chi connectivity index (χ1) is 17.7. The number of nitrogens with zero attached hydrogens (tertiary/aromatic N) is 1. The second kappa shape index (κ2) is 10.3. The van der Waals surface area contributed by atoms with Crippen molar-refractivity contribution in [3.63, 3.8) is 0 Å². The van der Waals surface area contributed by atoms with Crippen LogP contribution in [0.3, 0.4) is 0 Å². The maximum Gasteiger partial charge on any atom is 0.274 e. The molecule has 182 valence electrons. The van der Waals surface area contributed by atoms with Gasteiger partial charge in [-0.25, -0.2) is 0 Å². The maximum absolute atomic E-state index is 13.4. The zero-order valence-corrected chi connectivity index (χ0v) is 21.0. The van der Waals surface area contributed by atoms with Gasteiger partial charge < -0.3 is 19.4 Å². The standard InChI is InChI=1S/C29H24N2O3.CH3Cl/c1-33-22-10-11-26-21(15-22)16-27(30-26)29(32)31-14-13-24-25-17-23(9-7-20(25)8-12-28(24)31)34-18-19-5-3-2-4-6-19;1-2/h2-12,15-17,30H,13-14,18H2,1H3;1H3. The number of hydrogen-bond donors (Lipinski definition) is 1. The number of fused-ring (bicyclic) bond motifs is 4. The Hall–Kier alpha value is -3.96. The predicted octanol–water partition coefficient (Wildman–Crippen LogP) is 6.97. The van der Waals surface area contributed by atoms with Crippen molar-refractivity contribution < 1.29 is 14.3 Å². The van der Waals surface area contributed by atoms with Crippen molar-refractivity contribution in [2.75, 3.05) is 24.9 Å². The molecule has 0 saturated carbocycles. The monoisotopic (exact) mass is 498 g/mol. The van der Waals surface area contributed by atoms with E-state index in [-0.39, 0.29) is 5.91 Å². The average Bonchev–Trinajstić information content (AvgIpc) is 3.57. The molecule has 0 bridgehead atoms. The number of halogens is 1. The van der Waals surface area contributed by atoms with Crippen LogP contribution >= 0.6 is 11.6 Å². The van der Waals surface area contributed by atoms with Crippen molar-refractivity contribution in [1.82, 2.24) is 4.98 Å². The number of carbonyl (C=O) groups is 1. The Bertz CT molecular complexity index is 1530. The second-order valence-electron chi connectivity index (χ2n) is 8.56. The highest BCUT2D eigenvalue weighted by Gasteiger charge is 2.28. The van der Waals surface area contributed by atoms with Gasteiger partial charge in [0.25, 0.3) is 5.91 Å². The number of nitrogens with one attached hydrogen (secondary N) is 1. The summed E-state index contributed by atoms with van der Waals surface area (Å²) in [6, 6.07) is 28.1. The van der Waals surface area contributed by atoms with Crippen LogP contribution in [0.1, 0.15) is 21.6 Å². The number of anilines is 1. The van der Waals surface area contributed by atoms with Gasteiger partial charge in [-0.3, -0.25) is 4.79 Å². The molecule has 5 aromatic rings. The van der Waals surface area contributed by atoms with Crippen molar-refractivity contribution in [2.45, 2.75) is 13.0 Å². The highest BCUT2D eigenvalue weighted by molar-refractivity contribution is 6.15. The number of H-pyrrole nitrogens is 1. The fraction of sp³-hybridized carbons (Fsp3) is 0.167. The zero-order valence-electron chi connectivity index (χ0n) is 20.3. The third kappa shape index (κ3) is 4.50. The number of aromatic amines is 1. The summed E-state index contributed by atoms with van der Waals surface area (Å²) >= 11 is 4.64. The normalized spacial score (nSPS) is 12.2. The lowest BCUT2D eigenvalue weighted by molar-refractivity contribution is 0.0985. The average molecular weight is 499 g/mol. The summed E-state index contributed by atoms with van der Waals surface area (Å²) in [5.74, 6) is 1.58. The first-order valence-corrected chi connectivity index (χ1v) is 12.5. The Balaban J connectivity index is 0.00000130. The van der Waals surface area contributed by atoms with Gasteiger partial charge in [0, 0.05) is 29.5 Å². The number of alkyl halides is 1. The van der Waals surface area contributed by atoms with Crippen LogP contribution in [0.2, 0.25) is 0 Å². The number of carbonyl (C=O) groups excluding carboxylic acids is 1. The molecule has 0 radical (unpaired) electrons. The smallest absolute Gasteiger partial charge is 0.274 e. The number of rotatable bonds is 5. The van der Waals surface area contributed by atoms with Gasteiger partial charge in [0.2, 0.25) is 0 Å². The second-order valence-corrected chi connectivity index (χ2v) is 8.56. The molecule has 36 heavy (non-hydrogen) atoms. The Morgan fingerprint density at radius 1 is 0.917 bits per heavy atom. The van der Waals surface area contributed by atoms with E-state index < -0.39 is 0 Å². The van der Waals surface area contributed by atoms with Crippen LogP contribution < -0.4 is 14.4 Å². The first-order valence-electron chi connectivity index (χ1n) is 11.8. The van der Waals surface area contributed by atoms with Gasteiger partial charge in [-0.1, -0.05) is 42.5 Å². The van der Waals surface area contributed by atoms with Crippen molar-refractivity contribution in [1.29, 1.82) is 0 Å². The number of methoxy groups -OCH3 is 1. The van der Waals surface area contributed by atoms with E-state index in [4.69, 9.17) is 9.47 Å². The SMILES string of the molecule is CCl.COc1ccc2[nH]c(C(=O)N3CCc4c3ccc3ccc(OCc5ccccc5)cc43)cc2c1. The lowest BCUT2D eigenvalue weighted by Gasteiger charge is -2.17. The predicted molar refractivity (Wildman–Crippen MR) is 147 cm³/mol. The third-order valence-corrected chi connectivity index (χ3v) is 6.51. The highest BCUT2D eigenvalue weighted by Crippen LogP contribution is 2.37. The summed E-state index contributed by atoms with van der Waals surface area (Å²) in [4.78, 5) is 18.6. The highest BCUT2D eigenvalue weighted by atomic mass is 35.5. The molecule has 4 aromatic carbocycles. The largest absolute Gasteiger partial charge is 0.497 e. The Morgan fingerprint density at radius 2 is 1.69 bits per heavy atom. The first kappa shape index (κ1) is 23.8. The summed E-state index contributed by atoms with van der Waals surface area (Å²) in [5.41, 5.74) is 4.79. The molecule has 0 unspecified atom stereocenters. The van der Waals surface area contributed by atoms with E-state index in [1.54, 1.807) is 7.11 Å². The molecule has 0 saturated heterocycles. The molecule has 6 rings (SSSR count). The minimum Gasteiger partial charge on any atom is -0.497 e. The molecular weight excluding hydrogens is 472 g/mol. The number of benzene rings is 4. The van der Waals surface area contributed by atoms with E-state index in [1.807, 2.05) is 53.4 Å². The summed E-state index contributed by atoms with van der Waals surface area (Å²) in [6.45, 7) is 1.18. The fourth-order valence-corrected chi connectivity index (χ4v) is 4.75. The third-order valence-electron chi connectivity index (χ3n) is 6.51. The van der Waals surface area contributed by atoms with Gasteiger partial charge in [0.1, 0.15) is 23.8 Å². The van der Waals surface area contributed by atoms with Gasteiger partial charge >= 0.3 is 0 Å². The van der Waals surface area contributed by atoms with E-state index in [9.17, 15) is 4.79 Å². The van der Waals surface area contributed by atoms with Crippen LogP contribution in [0, 0.1) is 0 Å². The number of hydrogen-bond acceptors (Lipinski definition) is 3.